The summed E-state index contributed by atoms with van der Waals surface area (Å²) in [7, 11) is 0. The highest BCUT2D eigenvalue weighted by Gasteiger charge is 2.23. The van der Waals surface area contributed by atoms with Crippen molar-refractivity contribution in [3.05, 3.63) is 57.8 Å². The number of carbonyl (C=O) groups is 2. The predicted molar refractivity (Wildman–Crippen MR) is 95.9 cm³/mol. The Bertz CT molecular complexity index is 780. The van der Waals surface area contributed by atoms with Gasteiger partial charge in [0.05, 0.1) is 12.8 Å². The second-order valence-electron chi connectivity index (χ2n) is 6.34. The second-order valence-corrected chi connectivity index (χ2v) is 7.12. The van der Waals surface area contributed by atoms with Gasteiger partial charge in [-0.05, 0) is 47.0 Å². The molecule has 2 heterocycles. The molecular weight excluding hydrogens is 358 g/mol. The average molecular weight is 378 g/mol. The normalized spacial score (nSPS) is 15.0. The van der Waals surface area contributed by atoms with E-state index in [1.165, 1.54) is 0 Å². The smallest absolute Gasteiger partial charge is 0.227 e. The number of hydrogen-bond acceptors (Lipinski definition) is 3. The van der Waals surface area contributed by atoms with Crippen LogP contribution in [0.2, 0.25) is 0 Å². The summed E-state index contributed by atoms with van der Waals surface area (Å²) >= 11 is 1.56. The third kappa shape index (κ3) is 4.66. The molecule has 0 N–H and O–H groups in total. The number of halogens is 2. The number of amides is 2. The van der Waals surface area contributed by atoms with Crippen LogP contribution >= 0.6 is 11.3 Å². The van der Waals surface area contributed by atoms with E-state index in [9.17, 15) is 18.4 Å². The van der Waals surface area contributed by atoms with Crippen LogP contribution < -0.4 is 0 Å². The fourth-order valence-electron chi connectivity index (χ4n) is 3.05. The van der Waals surface area contributed by atoms with Crippen molar-refractivity contribution in [3.63, 3.8) is 0 Å². The van der Waals surface area contributed by atoms with E-state index in [1.54, 1.807) is 21.1 Å². The van der Waals surface area contributed by atoms with Gasteiger partial charge in [0.1, 0.15) is 11.6 Å². The maximum atomic E-state index is 13.7. The first-order chi connectivity index (χ1) is 12.5. The van der Waals surface area contributed by atoms with E-state index < -0.39 is 11.6 Å². The zero-order valence-corrected chi connectivity index (χ0v) is 15.1. The van der Waals surface area contributed by atoms with Gasteiger partial charge >= 0.3 is 0 Å². The zero-order chi connectivity index (χ0) is 18.5. The van der Waals surface area contributed by atoms with Gasteiger partial charge in [0.2, 0.25) is 11.8 Å². The molecule has 1 aromatic heterocycles. The van der Waals surface area contributed by atoms with Crippen LogP contribution in [-0.4, -0.2) is 47.8 Å². The summed E-state index contributed by atoms with van der Waals surface area (Å²) in [6.45, 7) is 1.98. The molecule has 1 fully saturated rings. The molecule has 0 radical (unpaired) electrons. The predicted octanol–water partition coefficient (Wildman–Crippen LogP) is 2.87. The highest BCUT2D eigenvalue weighted by atomic mass is 32.1. The van der Waals surface area contributed by atoms with Gasteiger partial charge in [0, 0.05) is 31.7 Å². The lowest BCUT2D eigenvalue weighted by atomic mass is 10.1. The summed E-state index contributed by atoms with van der Waals surface area (Å²) in [5, 5.41) is 3.90. The lowest BCUT2D eigenvalue weighted by Gasteiger charge is -2.22. The quantitative estimate of drug-likeness (QED) is 0.821. The molecular formula is C19H20F2N2O2S. The first-order valence-corrected chi connectivity index (χ1v) is 9.48. The summed E-state index contributed by atoms with van der Waals surface area (Å²) in [5.74, 6) is -1.34. The van der Waals surface area contributed by atoms with Crippen LogP contribution in [0.15, 0.2) is 35.0 Å². The summed E-state index contributed by atoms with van der Waals surface area (Å²) in [6.07, 6.45) is 0.866. The minimum Gasteiger partial charge on any atom is -0.341 e. The minimum absolute atomic E-state index is 0.0499. The number of rotatable bonds is 4. The molecule has 0 unspecified atom stereocenters. The Morgan fingerprint density at radius 2 is 1.65 bits per heavy atom. The molecule has 0 aliphatic carbocycles. The number of nitrogens with zero attached hydrogens (tertiary/aromatic N) is 2. The van der Waals surface area contributed by atoms with E-state index in [-0.39, 0.29) is 23.8 Å². The molecule has 138 valence electrons. The van der Waals surface area contributed by atoms with Crippen LogP contribution in [0.5, 0.6) is 0 Å². The van der Waals surface area contributed by atoms with Crippen molar-refractivity contribution in [1.29, 1.82) is 0 Å². The van der Waals surface area contributed by atoms with E-state index in [1.807, 2.05) is 16.8 Å². The number of carbonyl (C=O) groups excluding carboxylic acids is 2. The fraction of sp³-hybridized carbons (Fsp3) is 0.368. The molecule has 0 saturated carbocycles. The van der Waals surface area contributed by atoms with Gasteiger partial charge in [-0.2, -0.15) is 11.3 Å². The second kappa shape index (κ2) is 8.40. The Labute approximate surface area is 155 Å². The van der Waals surface area contributed by atoms with Crippen LogP contribution in [0.3, 0.4) is 0 Å². The number of thiophene rings is 1. The Hall–Kier alpha value is -2.28. The number of hydrogen-bond donors (Lipinski definition) is 0. The van der Waals surface area contributed by atoms with Crippen LogP contribution in [-0.2, 0) is 22.4 Å². The molecule has 1 aliphatic heterocycles. The fourth-order valence-corrected chi connectivity index (χ4v) is 3.72. The van der Waals surface area contributed by atoms with E-state index in [4.69, 9.17) is 0 Å². The average Bonchev–Trinajstić information content (AvgIpc) is 2.99. The van der Waals surface area contributed by atoms with Gasteiger partial charge in [-0.1, -0.05) is 0 Å². The van der Waals surface area contributed by atoms with Gasteiger partial charge in [-0.3, -0.25) is 9.59 Å². The number of benzene rings is 1. The summed E-state index contributed by atoms with van der Waals surface area (Å²) < 4.78 is 27.0. The van der Waals surface area contributed by atoms with Gasteiger partial charge in [0.25, 0.3) is 0 Å². The van der Waals surface area contributed by atoms with Crippen LogP contribution in [0, 0.1) is 11.6 Å². The minimum atomic E-state index is -0.581. The monoisotopic (exact) mass is 378 g/mol. The third-order valence-corrected chi connectivity index (χ3v) is 5.22. The van der Waals surface area contributed by atoms with Crippen LogP contribution in [0.1, 0.15) is 17.5 Å². The van der Waals surface area contributed by atoms with Gasteiger partial charge in [-0.25, -0.2) is 8.78 Å². The Kier molecular flexibility index (Phi) is 5.98. The highest BCUT2D eigenvalue weighted by molar-refractivity contribution is 7.08. The van der Waals surface area contributed by atoms with Crippen molar-refractivity contribution in [1.82, 2.24) is 9.80 Å². The standard InChI is InChI=1S/C19H20F2N2O2S/c20-16-2-3-17(21)15(11-16)12-19(25)23-6-1-5-22(7-8-23)18(24)10-14-4-9-26-13-14/h2-4,9,11,13H,1,5-8,10,12H2. The van der Waals surface area contributed by atoms with E-state index in [0.717, 1.165) is 23.8 Å². The molecule has 0 spiro atoms. The van der Waals surface area contributed by atoms with Gasteiger partial charge < -0.3 is 9.80 Å². The van der Waals surface area contributed by atoms with Gasteiger partial charge in [0.15, 0.2) is 0 Å². The van der Waals surface area contributed by atoms with Crippen molar-refractivity contribution in [2.24, 2.45) is 0 Å². The summed E-state index contributed by atoms with van der Waals surface area (Å²) in [5.41, 5.74) is 1.06. The van der Waals surface area contributed by atoms with E-state index in [0.29, 0.717) is 39.0 Å². The van der Waals surface area contributed by atoms with Crippen molar-refractivity contribution in [2.45, 2.75) is 19.3 Å². The van der Waals surface area contributed by atoms with Crippen LogP contribution in [0.4, 0.5) is 8.78 Å². The molecule has 26 heavy (non-hydrogen) atoms. The van der Waals surface area contributed by atoms with Crippen LogP contribution in [0.25, 0.3) is 0 Å². The Morgan fingerprint density at radius 1 is 0.962 bits per heavy atom. The molecule has 7 heteroatoms. The maximum absolute atomic E-state index is 13.7. The maximum Gasteiger partial charge on any atom is 0.227 e. The largest absolute Gasteiger partial charge is 0.341 e. The van der Waals surface area contributed by atoms with Gasteiger partial charge in [-0.15, -0.1) is 0 Å². The van der Waals surface area contributed by atoms with Crippen molar-refractivity contribution >= 4 is 23.2 Å². The van der Waals surface area contributed by atoms with Crippen molar-refractivity contribution in [2.75, 3.05) is 26.2 Å². The molecule has 3 rings (SSSR count). The molecule has 2 amide bonds. The molecule has 2 aromatic rings. The van der Waals surface area contributed by atoms with Crippen molar-refractivity contribution < 1.29 is 18.4 Å². The first-order valence-electron chi connectivity index (χ1n) is 8.53. The van der Waals surface area contributed by atoms with E-state index >= 15 is 0 Å². The topological polar surface area (TPSA) is 40.6 Å². The summed E-state index contributed by atoms with van der Waals surface area (Å²) in [6, 6.07) is 5.06. The van der Waals surface area contributed by atoms with Crippen molar-refractivity contribution in [3.8, 4) is 0 Å². The molecule has 0 bridgehead atoms. The van der Waals surface area contributed by atoms with E-state index in [2.05, 4.69) is 0 Å². The molecule has 1 aromatic carbocycles. The zero-order valence-electron chi connectivity index (χ0n) is 14.3. The highest BCUT2D eigenvalue weighted by Crippen LogP contribution is 2.14. The lowest BCUT2D eigenvalue weighted by molar-refractivity contribution is -0.132. The third-order valence-electron chi connectivity index (χ3n) is 4.49. The Balaban J connectivity index is 1.56. The first kappa shape index (κ1) is 18.5. The Morgan fingerprint density at radius 3 is 2.31 bits per heavy atom. The lowest BCUT2D eigenvalue weighted by Crippen LogP contribution is -2.38. The molecule has 1 aliphatic rings. The summed E-state index contributed by atoms with van der Waals surface area (Å²) in [4.78, 5) is 28.3. The molecule has 0 atom stereocenters. The molecule has 4 nitrogen and oxygen atoms in total. The SMILES string of the molecule is O=C(Cc1ccsc1)N1CCCN(C(=O)Cc2cc(F)ccc2F)CC1. The molecule has 1 saturated heterocycles.